The molecule has 1 atom stereocenters. The highest BCUT2D eigenvalue weighted by Crippen LogP contribution is 2.35. The van der Waals surface area contributed by atoms with Crippen LogP contribution in [0.15, 0.2) is 53.4 Å². The largest absolute Gasteiger partial charge is 0.377 e. The van der Waals surface area contributed by atoms with E-state index in [0.29, 0.717) is 22.2 Å². The first kappa shape index (κ1) is 20.3. The van der Waals surface area contributed by atoms with Crippen molar-refractivity contribution >= 4 is 54.6 Å². The van der Waals surface area contributed by atoms with Gasteiger partial charge in [-0.15, -0.1) is 11.3 Å². The van der Waals surface area contributed by atoms with Gasteiger partial charge in [-0.2, -0.15) is 0 Å². The standard InChI is InChI=1S/C20H19ClN2O4S2/c21-18-16-5-1-2-6-17(16)28-19(18)20(24)23-13-7-9-15(10-8-13)29(25,26)22-12-14-4-3-11-27-14/h1-2,5-10,14,22H,3-4,11-12H2,(H,23,24)/t14-/m1/s1. The fraction of sp³-hybridized carbons (Fsp3) is 0.250. The number of anilines is 1. The number of benzene rings is 2. The molecule has 0 saturated carbocycles. The lowest BCUT2D eigenvalue weighted by Gasteiger charge is -2.12. The van der Waals surface area contributed by atoms with E-state index < -0.39 is 10.0 Å². The third-order valence-electron chi connectivity index (χ3n) is 4.69. The molecule has 2 aromatic carbocycles. The second-order valence-corrected chi connectivity index (χ2v) is 9.90. The van der Waals surface area contributed by atoms with Gasteiger partial charge in [0.1, 0.15) is 4.88 Å². The van der Waals surface area contributed by atoms with E-state index in [-0.39, 0.29) is 23.5 Å². The summed E-state index contributed by atoms with van der Waals surface area (Å²) in [6.07, 6.45) is 1.73. The Kier molecular flexibility index (Phi) is 5.89. The lowest BCUT2D eigenvalue weighted by molar-refractivity contribution is 0.103. The highest BCUT2D eigenvalue weighted by atomic mass is 35.5. The topological polar surface area (TPSA) is 84.5 Å². The molecule has 1 aliphatic rings. The molecule has 9 heteroatoms. The lowest BCUT2D eigenvalue weighted by atomic mass is 10.2. The maximum absolute atomic E-state index is 12.6. The quantitative estimate of drug-likeness (QED) is 0.587. The van der Waals surface area contributed by atoms with Crippen LogP contribution in [0.2, 0.25) is 5.02 Å². The Morgan fingerprint density at radius 2 is 1.93 bits per heavy atom. The third-order valence-corrected chi connectivity index (χ3v) is 7.80. The average molecular weight is 451 g/mol. The summed E-state index contributed by atoms with van der Waals surface area (Å²) in [6.45, 7) is 0.926. The molecule has 0 aliphatic carbocycles. The number of halogens is 1. The van der Waals surface area contributed by atoms with Crippen LogP contribution in [0, 0.1) is 0 Å². The fourth-order valence-corrected chi connectivity index (χ4v) is 5.64. The minimum Gasteiger partial charge on any atom is -0.377 e. The second-order valence-electron chi connectivity index (χ2n) is 6.71. The number of carbonyl (C=O) groups excluding carboxylic acids is 1. The third kappa shape index (κ3) is 4.46. The number of hydrogen-bond acceptors (Lipinski definition) is 5. The molecule has 1 fully saturated rings. The smallest absolute Gasteiger partial charge is 0.267 e. The number of sulfonamides is 1. The molecule has 0 unspecified atom stereocenters. The van der Waals surface area contributed by atoms with E-state index >= 15 is 0 Å². The first-order valence-electron chi connectivity index (χ1n) is 9.14. The molecule has 4 rings (SSSR count). The predicted octanol–water partition coefficient (Wildman–Crippen LogP) is 4.26. The number of nitrogens with one attached hydrogen (secondary N) is 2. The number of rotatable bonds is 6. The van der Waals surface area contributed by atoms with Crippen molar-refractivity contribution in [3.63, 3.8) is 0 Å². The highest BCUT2D eigenvalue weighted by Gasteiger charge is 2.21. The number of hydrogen-bond donors (Lipinski definition) is 2. The first-order valence-corrected chi connectivity index (χ1v) is 11.8. The van der Waals surface area contributed by atoms with Gasteiger partial charge in [-0.25, -0.2) is 13.1 Å². The second kappa shape index (κ2) is 8.41. The van der Waals surface area contributed by atoms with Crippen LogP contribution in [-0.4, -0.2) is 33.6 Å². The van der Waals surface area contributed by atoms with Crippen LogP contribution >= 0.6 is 22.9 Å². The first-order chi connectivity index (χ1) is 13.9. The normalized spacial score (nSPS) is 16.9. The van der Waals surface area contributed by atoms with Crippen LogP contribution in [-0.2, 0) is 14.8 Å². The zero-order chi connectivity index (χ0) is 20.4. The molecule has 2 N–H and O–H groups in total. The molecule has 29 heavy (non-hydrogen) atoms. The molecule has 6 nitrogen and oxygen atoms in total. The molecule has 1 aromatic heterocycles. The molecule has 0 spiro atoms. The van der Waals surface area contributed by atoms with E-state index in [2.05, 4.69) is 10.0 Å². The number of carbonyl (C=O) groups is 1. The van der Waals surface area contributed by atoms with Crippen molar-refractivity contribution in [2.75, 3.05) is 18.5 Å². The van der Waals surface area contributed by atoms with Crippen molar-refractivity contribution < 1.29 is 17.9 Å². The van der Waals surface area contributed by atoms with Gasteiger partial charge in [0.25, 0.3) is 5.91 Å². The van der Waals surface area contributed by atoms with Gasteiger partial charge in [-0.05, 0) is 43.2 Å². The number of ether oxygens (including phenoxy) is 1. The number of amides is 1. The molecule has 1 aliphatic heterocycles. The molecule has 0 bridgehead atoms. The van der Waals surface area contributed by atoms with Gasteiger partial charge in [-0.1, -0.05) is 29.8 Å². The van der Waals surface area contributed by atoms with Gasteiger partial charge in [0.05, 0.1) is 16.0 Å². The Hall–Kier alpha value is -1.97. The van der Waals surface area contributed by atoms with Crippen molar-refractivity contribution in [2.45, 2.75) is 23.8 Å². The van der Waals surface area contributed by atoms with Crippen molar-refractivity contribution in [3.05, 3.63) is 58.4 Å². The van der Waals surface area contributed by atoms with E-state index in [0.717, 1.165) is 22.9 Å². The summed E-state index contributed by atoms with van der Waals surface area (Å²) in [4.78, 5) is 13.2. The van der Waals surface area contributed by atoms with Gasteiger partial charge in [0, 0.05) is 28.9 Å². The molecule has 2 heterocycles. The SMILES string of the molecule is O=C(Nc1ccc(S(=O)(=O)NC[C@H]2CCCO2)cc1)c1sc2ccccc2c1Cl. The summed E-state index contributed by atoms with van der Waals surface area (Å²) in [7, 11) is -3.63. The summed E-state index contributed by atoms with van der Waals surface area (Å²) in [5.41, 5.74) is 0.488. The van der Waals surface area contributed by atoms with Crippen LogP contribution in [0.1, 0.15) is 22.5 Å². The van der Waals surface area contributed by atoms with Crippen molar-refractivity contribution in [2.24, 2.45) is 0 Å². The zero-order valence-electron chi connectivity index (χ0n) is 15.4. The highest BCUT2D eigenvalue weighted by molar-refractivity contribution is 7.89. The Morgan fingerprint density at radius 3 is 2.62 bits per heavy atom. The van der Waals surface area contributed by atoms with Gasteiger partial charge in [0.2, 0.25) is 10.0 Å². The maximum Gasteiger partial charge on any atom is 0.267 e. The van der Waals surface area contributed by atoms with E-state index in [1.807, 2.05) is 24.3 Å². The van der Waals surface area contributed by atoms with Gasteiger partial charge in [0.15, 0.2) is 0 Å². The van der Waals surface area contributed by atoms with Crippen molar-refractivity contribution in [1.29, 1.82) is 0 Å². The van der Waals surface area contributed by atoms with E-state index in [4.69, 9.17) is 16.3 Å². The number of fused-ring (bicyclic) bond motifs is 1. The van der Waals surface area contributed by atoms with Gasteiger partial charge >= 0.3 is 0 Å². The van der Waals surface area contributed by atoms with Crippen LogP contribution in [0.5, 0.6) is 0 Å². The fourth-order valence-electron chi connectivity index (χ4n) is 3.16. The molecule has 0 radical (unpaired) electrons. The minimum absolute atomic E-state index is 0.0746. The van der Waals surface area contributed by atoms with Gasteiger partial charge < -0.3 is 10.1 Å². The van der Waals surface area contributed by atoms with Crippen LogP contribution in [0.3, 0.4) is 0 Å². The molecule has 1 amide bonds. The summed E-state index contributed by atoms with van der Waals surface area (Å²) >= 11 is 7.66. The monoisotopic (exact) mass is 450 g/mol. The van der Waals surface area contributed by atoms with E-state index in [1.54, 1.807) is 12.1 Å². The van der Waals surface area contributed by atoms with E-state index in [1.165, 1.54) is 23.5 Å². The molecule has 1 saturated heterocycles. The van der Waals surface area contributed by atoms with Gasteiger partial charge in [-0.3, -0.25) is 4.79 Å². The average Bonchev–Trinajstić information content (AvgIpc) is 3.35. The predicted molar refractivity (Wildman–Crippen MR) is 115 cm³/mol. The van der Waals surface area contributed by atoms with Crippen molar-refractivity contribution in [1.82, 2.24) is 4.72 Å². The van der Waals surface area contributed by atoms with Crippen LogP contribution in [0.25, 0.3) is 10.1 Å². The summed E-state index contributed by atoms with van der Waals surface area (Å²) < 4.78 is 33.8. The molecular formula is C20H19ClN2O4S2. The Balaban J connectivity index is 1.44. The molecule has 3 aromatic rings. The lowest BCUT2D eigenvalue weighted by Crippen LogP contribution is -2.31. The minimum atomic E-state index is -3.63. The summed E-state index contributed by atoms with van der Waals surface area (Å²) in [5, 5.41) is 4.02. The molecular weight excluding hydrogens is 432 g/mol. The number of thiophene rings is 1. The summed E-state index contributed by atoms with van der Waals surface area (Å²) in [6, 6.07) is 13.6. The van der Waals surface area contributed by atoms with E-state index in [9.17, 15) is 13.2 Å². The zero-order valence-corrected chi connectivity index (χ0v) is 17.7. The van der Waals surface area contributed by atoms with Crippen molar-refractivity contribution in [3.8, 4) is 0 Å². The Labute approximate surface area is 177 Å². The summed E-state index contributed by atoms with van der Waals surface area (Å²) in [5.74, 6) is -0.330. The molecule has 152 valence electrons. The Bertz CT molecular complexity index is 1140. The van der Waals surface area contributed by atoms with Crippen LogP contribution < -0.4 is 10.0 Å². The Morgan fingerprint density at radius 1 is 1.17 bits per heavy atom. The van der Waals surface area contributed by atoms with Crippen LogP contribution in [0.4, 0.5) is 5.69 Å². The maximum atomic E-state index is 12.6.